The number of ether oxygens (including phenoxy) is 1. The van der Waals surface area contributed by atoms with Gasteiger partial charge in [-0.25, -0.2) is 4.79 Å². The fraction of sp³-hybridized carbons (Fsp3) is 0.364. The molecule has 0 spiro atoms. The second-order valence-electron chi connectivity index (χ2n) is 3.88. The number of alkyl halides is 6. The molecule has 0 amide bonds. The minimum atomic E-state index is -5.32. The molecule has 112 valence electrons. The third-order valence-electron chi connectivity index (χ3n) is 2.60. The molecule has 0 heterocycles. The van der Waals surface area contributed by atoms with Crippen molar-refractivity contribution < 1.29 is 35.9 Å². The molecule has 0 aliphatic carbocycles. The zero-order valence-corrected chi connectivity index (χ0v) is 9.97. The van der Waals surface area contributed by atoms with Crippen molar-refractivity contribution in [2.45, 2.75) is 17.9 Å². The summed E-state index contributed by atoms with van der Waals surface area (Å²) in [6.07, 6.45) is -10.2. The van der Waals surface area contributed by atoms with Crippen LogP contribution in [-0.4, -0.2) is 19.3 Å². The minimum absolute atomic E-state index is 0.171. The number of nitrogens with two attached hydrogens (primary N) is 1. The predicted molar refractivity (Wildman–Crippen MR) is 55.4 cm³/mol. The van der Waals surface area contributed by atoms with Gasteiger partial charge in [0.2, 0.25) is 5.54 Å². The van der Waals surface area contributed by atoms with Crippen LogP contribution in [0.2, 0.25) is 0 Å². The van der Waals surface area contributed by atoms with Crippen molar-refractivity contribution >= 4 is 5.97 Å². The molecule has 0 aliphatic rings. The van der Waals surface area contributed by atoms with Gasteiger partial charge in [-0.05, 0) is 17.7 Å². The zero-order chi connectivity index (χ0) is 15.8. The van der Waals surface area contributed by atoms with Gasteiger partial charge in [0.1, 0.15) is 0 Å². The first-order valence-corrected chi connectivity index (χ1v) is 5.06. The lowest BCUT2D eigenvalue weighted by atomic mass is 9.89. The van der Waals surface area contributed by atoms with Crippen LogP contribution in [0.4, 0.5) is 26.3 Å². The quantitative estimate of drug-likeness (QED) is 0.675. The highest BCUT2D eigenvalue weighted by molar-refractivity contribution is 5.83. The highest BCUT2D eigenvalue weighted by atomic mass is 19.4. The van der Waals surface area contributed by atoms with Gasteiger partial charge in [0.15, 0.2) is 0 Å². The van der Waals surface area contributed by atoms with E-state index in [4.69, 9.17) is 5.73 Å². The monoisotopic (exact) mass is 301 g/mol. The van der Waals surface area contributed by atoms with E-state index in [2.05, 4.69) is 4.74 Å². The van der Waals surface area contributed by atoms with Crippen molar-refractivity contribution in [2.24, 2.45) is 5.73 Å². The molecule has 0 fully saturated rings. The van der Waals surface area contributed by atoms with Gasteiger partial charge in [-0.2, -0.15) is 26.3 Å². The summed E-state index contributed by atoms with van der Waals surface area (Å²) >= 11 is 0. The van der Waals surface area contributed by atoms with Crippen molar-refractivity contribution in [3.8, 4) is 0 Å². The molecule has 0 radical (unpaired) electrons. The van der Waals surface area contributed by atoms with Crippen molar-refractivity contribution in [1.29, 1.82) is 0 Å². The third-order valence-corrected chi connectivity index (χ3v) is 2.60. The number of halogens is 6. The maximum atomic E-state index is 12.9. The van der Waals surface area contributed by atoms with Gasteiger partial charge in [-0.15, -0.1) is 0 Å². The average Bonchev–Trinajstić information content (AvgIpc) is 2.34. The first kappa shape index (κ1) is 16.3. The van der Waals surface area contributed by atoms with E-state index < -0.39 is 35.0 Å². The molecular weight excluding hydrogens is 292 g/mol. The fourth-order valence-corrected chi connectivity index (χ4v) is 1.50. The molecule has 0 saturated heterocycles. The maximum absolute atomic E-state index is 12.9. The summed E-state index contributed by atoms with van der Waals surface area (Å²) in [5, 5.41) is 0. The summed E-state index contributed by atoms with van der Waals surface area (Å²) in [4.78, 5) is 11.3. The van der Waals surface area contributed by atoms with Crippen LogP contribution in [0.25, 0.3) is 0 Å². The molecule has 2 N–H and O–H groups in total. The summed E-state index contributed by atoms with van der Waals surface area (Å²) in [6.45, 7) is 0. The standard InChI is InChI=1S/C11H9F6NO2/c1-20-8(19)9(18,11(15,16)17)6-3-2-4-7(5-6)10(12,13)14/h2-5H,18H2,1H3. The molecule has 0 aromatic heterocycles. The van der Waals surface area contributed by atoms with E-state index in [1.54, 1.807) is 0 Å². The SMILES string of the molecule is COC(=O)C(N)(c1cccc(C(F)(F)F)c1)C(F)(F)F. The van der Waals surface area contributed by atoms with Crippen LogP contribution in [0, 0.1) is 0 Å². The first-order valence-electron chi connectivity index (χ1n) is 5.06. The van der Waals surface area contributed by atoms with E-state index in [1.165, 1.54) is 0 Å². The Morgan fingerprint density at radius 3 is 2.00 bits per heavy atom. The minimum Gasteiger partial charge on any atom is -0.467 e. The molecule has 1 aromatic rings. The highest BCUT2D eigenvalue weighted by Gasteiger charge is 2.60. The first-order chi connectivity index (χ1) is 8.94. The molecule has 3 nitrogen and oxygen atoms in total. The van der Waals surface area contributed by atoms with E-state index in [1.807, 2.05) is 0 Å². The number of hydrogen-bond acceptors (Lipinski definition) is 3. The number of esters is 1. The van der Waals surface area contributed by atoms with Gasteiger partial charge in [-0.3, -0.25) is 0 Å². The molecule has 1 atom stereocenters. The van der Waals surface area contributed by atoms with E-state index in [0.29, 0.717) is 19.2 Å². The average molecular weight is 301 g/mol. The molecule has 9 heteroatoms. The number of methoxy groups -OCH3 is 1. The molecule has 0 aliphatic heterocycles. The van der Waals surface area contributed by atoms with Crippen molar-refractivity contribution in [3.05, 3.63) is 35.4 Å². The number of carbonyl (C=O) groups excluding carboxylic acids is 1. The Hall–Kier alpha value is -1.77. The molecule has 0 saturated carbocycles. The van der Waals surface area contributed by atoms with Gasteiger partial charge in [0.05, 0.1) is 12.7 Å². The van der Waals surface area contributed by atoms with E-state index in [-0.39, 0.29) is 6.07 Å². The normalized spacial score (nSPS) is 15.6. The van der Waals surface area contributed by atoms with Crippen molar-refractivity contribution in [2.75, 3.05) is 7.11 Å². The van der Waals surface area contributed by atoms with E-state index in [9.17, 15) is 31.1 Å². The van der Waals surface area contributed by atoms with Crippen LogP contribution in [-0.2, 0) is 21.2 Å². The molecule has 0 bridgehead atoms. The summed E-state index contributed by atoms with van der Waals surface area (Å²) in [7, 11) is 0.656. The topological polar surface area (TPSA) is 52.3 Å². The smallest absolute Gasteiger partial charge is 0.421 e. The Morgan fingerprint density at radius 2 is 1.60 bits per heavy atom. The van der Waals surface area contributed by atoms with E-state index in [0.717, 1.165) is 6.07 Å². The molecule has 1 rings (SSSR count). The van der Waals surface area contributed by atoms with Gasteiger partial charge < -0.3 is 10.5 Å². The van der Waals surface area contributed by atoms with Crippen LogP contribution in [0.5, 0.6) is 0 Å². The number of carbonyl (C=O) groups is 1. The van der Waals surface area contributed by atoms with Crippen LogP contribution in [0.3, 0.4) is 0 Å². The summed E-state index contributed by atoms with van der Waals surface area (Å²) in [5.74, 6) is -1.90. The van der Waals surface area contributed by atoms with Crippen molar-refractivity contribution in [1.82, 2.24) is 0 Å². The molecule has 1 aromatic carbocycles. The summed E-state index contributed by atoms with van der Waals surface area (Å²) in [6, 6.07) is 2.15. The number of benzene rings is 1. The van der Waals surface area contributed by atoms with E-state index >= 15 is 0 Å². The largest absolute Gasteiger partial charge is 0.467 e. The van der Waals surface area contributed by atoms with Gasteiger partial charge in [0, 0.05) is 0 Å². The van der Waals surface area contributed by atoms with Gasteiger partial charge in [0.25, 0.3) is 0 Å². The van der Waals surface area contributed by atoms with Crippen LogP contribution in [0.15, 0.2) is 24.3 Å². The summed E-state index contributed by atoms with van der Waals surface area (Å²) < 4.78 is 80.3. The fourth-order valence-electron chi connectivity index (χ4n) is 1.50. The molecule has 20 heavy (non-hydrogen) atoms. The molecular formula is C11H9F6NO2. The Kier molecular flexibility index (Phi) is 4.04. The van der Waals surface area contributed by atoms with Crippen molar-refractivity contribution in [3.63, 3.8) is 0 Å². The number of hydrogen-bond donors (Lipinski definition) is 1. The molecule has 1 unspecified atom stereocenters. The number of rotatable bonds is 2. The Bertz CT molecular complexity index is 510. The van der Waals surface area contributed by atoms with Gasteiger partial charge in [-0.1, -0.05) is 12.1 Å². The predicted octanol–water partition coefficient (Wildman–Crippen LogP) is 2.59. The third kappa shape index (κ3) is 2.72. The van der Waals surface area contributed by atoms with Gasteiger partial charge >= 0.3 is 18.3 Å². The van der Waals surface area contributed by atoms with Crippen LogP contribution < -0.4 is 5.73 Å². The summed E-state index contributed by atoms with van der Waals surface area (Å²) in [5.41, 5.74) is -1.07. The second kappa shape index (κ2) is 4.97. The second-order valence-corrected chi connectivity index (χ2v) is 3.88. The highest BCUT2D eigenvalue weighted by Crippen LogP contribution is 2.39. The Labute approximate surface area is 109 Å². The zero-order valence-electron chi connectivity index (χ0n) is 9.97. The Morgan fingerprint density at radius 1 is 1.10 bits per heavy atom. The van der Waals surface area contributed by atoms with Crippen LogP contribution >= 0.6 is 0 Å². The lowest BCUT2D eigenvalue weighted by Gasteiger charge is -2.29. The van der Waals surface area contributed by atoms with Crippen LogP contribution in [0.1, 0.15) is 11.1 Å². The lowest BCUT2D eigenvalue weighted by Crippen LogP contribution is -2.57. The Balaban J connectivity index is 3.48. The lowest BCUT2D eigenvalue weighted by molar-refractivity contribution is -0.207. The maximum Gasteiger partial charge on any atom is 0.421 e.